The predicted octanol–water partition coefficient (Wildman–Crippen LogP) is 5.00. The molecule has 1 aromatic carbocycles. The molecule has 0 unspecified atom stereocenters. The van der Waals surface area contributed by atoms with Crippen molar-refractivity contribution in [3.63, 3.8) is 0 Å². The number of hydrogen-bond acceptors (Lipinski definition) is 3. The molecule has 2 amide bonds. The van der Waals surface area contributed by atoms with Crippen LogP contribution in [0, 0.1) is 5.41 Å². The summed E-state index contributed by atoms with van der Waals surface area (Å²) in [6.07, 6.45) is 8.38. The van der Waals surface area contributed by atoms with Crippen LogP contribution in [-0.4, -0.2) is 48.4 Å². The quantitative estimate of drug-likeness (QED) is 0.695. The van der Waals surface area contributed by atoms with Crippen molar-refractivity contribution in [1.82, 2.24) is 10.2 Å². The van der Waals surface area contributed by atoms with Crippen LogP contribution >= 0.6 is 0 Å². The van der Waals surface area contributed by atoms with Gasteiger partial charge in [-0.3, -0.25) is 9.59 Å². The highest BCUT2D eigenvalue weighted by Gasteiger charge is 2.29. The Morgan fingerprint density at radius 1 is 1.03 bits per heavy atom. The van der Waals surface area contributed by atoms with Gasteiger partial charge in [-0.1, -0.05) is 52.2 Å². The molecule has 0 spiro atoms. The van der Waals surface area contributed by atoms with E-state index in [1.165, 1.54) is 19.3 Å². The van der Waals surface area contributed by atoms with Crippen molar-refractivity contribution in [2.24, 2.45) is 5.41 Å². The summed E-state index contributed by atoms with van der Waals surface area (Å²) in [5.41, 5.74) is 1.87. The van der Waals surface area contributed by atoms with Crippen molar-refractivity contribution in [2.75, 3.05) is 24.5 Å². The minimum atomic E-state index is 0.00751. The predicted molar refractivity (Wildman–Crippen MR) is 127 cm³/mol. The molecule has 5 nitrogen and oxygen atoms in total. The second-order valence-electron chi connectivity index (χ2n) is 10.5. The Labute approximate surface area is 188 Å². The Balaban J connectivity index is 1.64. The lowest BCUT2D eigenvalue weighted by Gasteiger charge is -2.37. The zero-order valence-electron chi connectivity index (χ0n) is 20.0. The number of nitrogens with one attached hydrogen (secondary N) is 1. The number of rotatable bonds is 6. The van der Waals surface area contributed by atoms with Crippen LogP contribution in [0.2, 0.25) is 0 Å². The van der Waals surface area contributed by atoms with E-state index in [0.29, 0.717) is 12.5 Å². The van der Waals surface area contributed by atoms with Gasteiger partial charge in [0.2, 0.25) is 5.91 Å². The van der Waals surface area contributed by atoms with Gasteiger partial charge < -0.3 is 15.1 Å². The number of carbonyl (C=O) groups is 2. The molecule has 5 heteroatoms. The minimum absolute atomic E-state index is 0.00751. The third-order valence-electron chi connectivity index (χ3n) is 6.64. The SMILES string of the molecule is CCN(C(=O)c1ccccc1N1CCC(NC(=O)CC(C)(C)C)CC1)C1CCCCC1. The number of piperidine rings is 1. The van der Waals surface area contributed by atoms with Gasteiger partial charge >= 0.3 is 0 Å². The van der Waals surface area contributed by atoms with Crippen molar-refractivity contribution in [3.05, 3.63) is 29.8 Å². The van der Waals surface area contributed by atoms with Crippen LogP contribution in [0.1, 0.15) is 89.4 Å². The Morgan fingerprint density at radius 3 is 2.29 bits per heavy atom. The van der Waals surface area contributed by atoms with Gasteiger partial charge in [0.05, 0.1) is 5.56 Å². The van der Waals surface area contributed by atoms with Crippen molar-refractivity contribution in [2.45, 2.75) is 91.1 Å². The second kappa shape index (κ2) is 10.5. The van der Waals surface area contributed by atoms with E-state index in [1.54, 1.807) is 0 Å². The number of carbonyl (C=O) groups excluding carboxylic acids is 2. The Kier molecular flexibility index (Phi) is 8.01. The largest absolute Gasteiger partial charge is 0.371 e. The smallest absolute Gasteiger partial charge is 0.256 e. The highest BCUT2D eigenvalue weighted by atomic mass is 16.2. The minimum Gasteiger partial charge on any atom is -0.371 e. The van der Waals surface area contributed by atoms with E-state index in [2.05, 4.69) is 48.9 Å². The average molecular weight is 428 g/mol. The van der Waals surface area contributed by atoms with E-state index in [1.807, 2.05) is 18.2 Å². The Morgan fingerprint density at radius 2 is 1.68 bits per heavy atom. The van der Waals surface area contributed by atoms with Gasteiger partial charge in [-0.25, -0.2) is 0 Å². The summed E-state index contributed by atoms with van der Waals surface area (Å²) < 4.78 is 0. The van der Waals surface area contributed by atoms with Crippen molar-refractivity contribution >= 4 is 17.5 Å². The van der Waals surface area contributed by atoms with Crippen LogP contribution in [0.15, 0.2) is 24.3 Å². The molecule has 0 radical (unpaired) electrons. The molecular weight excluding hydrogens is 386 g/mol. The van der Waals surface area contributed by atoms with Crippen LogP contribution in [-0.2, 0) is 4.79 Å². The fourth-order valence-corrected chi connectivity index (χ4v) is 5.07. The molecular formula is C26H41N3O2. The van der Waals surface area contributed by atoms with Crippen molar-refractivity contribution < 1.29 is 9.59 Å². The summed E-state index contributed by atoms with van der Waals surface area (Å²) in [6.45, 7) is 10.9. The molecule has 31 heavy (non-hydrogen) atoms. The number of benzene rings is 1. The summed E-state index contributed by atoms with van der Waals surface area (Å²) >= 11 is 0. The lowest BCUT2D eigenvalue weighted by molar-refractivity contribution is -0.123. The highest BCUT2D eigenvalue weighted by Crippen LogP contribution is 2.29. The van der Waals surface area contributed by atoms with E-state index >= 15 is 0 Å². The van der Waals surface area contributed by atoms with Crippen molar-refractivity contribution in [3.8, 4) is 0 Å². The van der Waals surface area contributed by atoms with Crippen LogP contribution in [0.3, 0.4) is 0 Å². The van der Waals surface area contributed by atoms with Gasteiger partial charge in [0.25, 0.3) is 5.91 Å². The zero-order chi connectivity index (χ0) is 22.4. The fraction of sp³-hybridized carbons (Fsp3) is 0.692. The molecule has 172 valence electrons. The number of amides is 2. The van der Waals surface area contributed by atoms with Gasteiger partial charge in [-0.05, 0) is 50.2 Å². The molecule has 2 fully saturated rings. The van der Waals surface area contributed by atoms with Crippen LogP contribution in [0.25, 0.3) is 0 Å². The van der Waals surface area contributed by atoms with Crippen LogP contribution < -0.4 is 10.2 Å². The maximum absolute atomic E-state index is 13.5. The average Bonchev–Trinajstić information content (AvgIpc) is 2.74. The van der Waals surface area contributed by atoms with E-state index in [9.17, 15) is 9.59 Å². The zero-order valence-corrected chi connectivity index (χ0v) is 20.0. The number of nitrogens with zero attached hydrogens (tertiary/aromatic N) is 2. The van der Waals surface area contributed by atoms with Gasteiger partial charge in [0.1, 0.15) is 0 Å². The van der Waals surface area contributed by atoms with Crippen LogP contribution in [0.4, 0.5) is 5.69 Å². The lowest BCUT2D eigenvalue weighted by Crippen LogP contribution is -2.46. The van der Waals surface area contributed by atoms with Gasteiger partial charge in [-0.2, -0.15) is 0 Å². The molecule has 0 atom stereocenters. The normalized spacial score (nSPS) is 18.6. The molecule has 1 heterocycles. The molecule has 1 N–H and O–H groups in total. The summed E-state index contributed by atoms with van der Waals surface area (Å²) in [7, 11) is 0. The summed E-state index contributed by atoms with van der Waals surface area (Å²) in [4.78, 5) is 30.3. The van der Waals surface area contributed by atoms with Gasteiger partial charge in [-0.15, -0.1) is 0 Å². The maximum atomic E-state index is 13.5. The third-order valence-corrected chi connectivity index (χ3v) is 6.64. The summed E-state index contributed by atoms with van der Waals surface area (Å²) in [6, 6.07) is 8.68. The first-order valence-electron chi connectivity index (χ1n) is 12.2. The monoisotopic (exact) mass is 427 g/mol. The molecule has 3 rings (SSSR count). The first-order chi connectivity index (χ1) is 14.8. The molecule has 0 bridgehead atoms. The number of hydrogen-bond donors (Lipinski definition) is 1. The standard InChI is InChI=1S/C26H41N3O2/c1-5-29(21-11-7-6-8-12-21)25(31)22-13-9-10-14-23(22)28-17-15-20(16-18-28)27-24(30)19-26(2,3)4/h9-10,13-14,20-21H,5-8,11-12,15-19H2,1-4H3,(H,27,30). The molecule has 1 aliphatic heterocycles. The highest BCUT2D eigenvalue weighted by molar-refractivity contribution is 6.00. The third kappa shape index (κ3) is 6.47. The fourth-order valence-electron chi connectivity index (χ4n) is 5.07. The molecule has 1 saturated heterocycles. The van der Waals surface area contributed by atoms with E-state index in [-0.39, 0.29) is 23.3 Å². The van der Waals surface area contributed by atoms with E-state index in [0.717, 1.165) is 56.6 Å². The first-order valence-corrected chi connectivity index (χ1v) is 12.2. The van der Waals surface area contributed by atoms with Crippen LogP contribution in [0.5, 0.6) is 0 Å². The molecule has 2 aliphatic rings. The second-order valence-corrected chi connectivity index (χ2v) is 10.5. The molecule has 1 saturated carbocycles. The molecule has 1 aromatic rings. The lowest BCUT2D eigenvalue weighted by atomic mass is 9.91. The molecule has 0 aromatic heterocycles. The summed E-state index contributed by atoms with van der Waals surface area (Å²) in [5, 5.41) is 3.21. The number of anilines is 1. The van der Waals surface area contributed by atoms with Gasteiger partial charge in [0.15, 0.2) is 0 Å². The summed E-state index contributed by atoms with van der Waals surface area (Å²) in [5.74, 6) is 0.318. The molecule has 1 aliphatic carbocycles. The maximum Gasteiger partial charge on any atom is 0.256 e. The number of para-hydroxylation sites is 1. The van der Waals surface area contributed by atoms with E-state index < -0.39 is 0 Å². The van der Waals surface area contributed by atoms with E-state index in [4.69, 9.17) is 0 Å². The topological polar surface area (TPSA) is 52.7 Å². The Bertz CT molecular complexity index is 741. The van der Waals surface area contributed by atoms with Gasteiger partial charge in [0, 0.05) is 43.8 Å². The first kappa shape index (κ1) is 23.6. The van der Waals surface area contributed by atoms with Crippen molar-refractivity contribution in [1.29, 1.82) is 0 Å². The Hall–Kier alpha value is -2.04.